The monoisotopic (exact) mass is 343 g/mol. The van der Waals surface area contributed by atoms with Gasteiger partial charge in [-0.15, -0.1) is 0 Å². The topological polar surface area (TPSA) is 73.8 Å². The van der Waals surface area contributed by atoms with Crippen molar-refractivity contribution in [2.24, 2.45) is 0 Å². The summed E-state index contributed by atoms with van der Waals surface area (Å²) in [5, 5.41) is 4.06. The van der Waals surface area contributed by atoms with Gasteiger partial charge in [0.15, 0.2) is 0 Å². The van der Waals surface area contributed by atoms with Gasteiger partial charge in [-0.3, -0.25) is 4.90 Å². The number of rotatable bonds is 9. The molecule has 0 fully saturated rings. The molecule has 0 bridgehead atoms. The van der Waals surface area contributed by atoms with Crippen LogP contribution in [0.2, 0.25) is 0 Å². The Morgan fingerprint density at radius 1 is 1.08 bits per heavy atom. The summed E-state index contributed by atoms with van der Waals surface area (Å²) >= 11 is 0. The van der Waals surface area contributed by atoms with E-state index in [1.165, 1.54) is 0 Å². The zero-order valence-corrected chi connectivity index (χ0v) is 14.3. The van der Waals surface area contributed by atoms with Crippen LogP contribution in [0, 0.1) is 0 Å². The number of nitrogens with zero attached hydrogens (tertiary/aromatic N) is 3. The molecule has 7 heteroatoms. The van der Waals surface area contributed by atoms with Gasteiger partial charge in [0, 0.05) is 19.2 Å². The van der Waals surface area contributed by atoms with Crippen LogP contribution in [0.25, 0.3) is 11.4 Å². The summed E-state index contributed by atoms with van der Waals surface area (Å²) in [6.07, 6.45) is 1.66. The molecule has 0 aliphatic carbocycles. The van der Waals surface area contributed by atoms with Gasteiger partial charge < -0.3 is 18.4 Å². The molecule has 0 unspecified atom stereocenters. The molecule has 0 atom stereocenters. The summed E-state index contributed by atoms with van der Waals surface area (Å²) in [6, 6.07) is 11.4. The minimum absolute atomic E-state index is 0.521. The molecule has 2 heterocycles. The predicted molar refractivity (Wildman–Crippen MR) is 91.0 cm³/mol. The van der Waals surface area contributed by atoms with Gasteiger partial charge in [0.25, 0.3) is 0 Å². The summed E-state index contributed by atoms with van der Waals surface area (Å²) in [4.78, 5) is 6.61. The van der Waals surface area contributed by atoms with Crippen molar-refractivity contribution in [2.75, 3.05) is 27.4 Å². The van der Waals surface area contributed by atoms with Gasteiger partial charge in [0.05, 0.1) is 33.1 Å². The molecule has 25 heavy (non-hydrogen) atoms. The molecule has 132 valence electrons. The first-order valence-electron chi connectivity index (χ1n) is 7.99. The molecule has 3 aromatic rings. The fraction of sp³-hybridized carbons (Fsp3) is 0.333. The third-order valence-electron chi connectivity index (χ3n) is 3.75. The summed E-state index contributed by atoms with van der Waals surface area (Å²) in [5.41, 5.74) is 0.880. The number of ether oxygens (including phenoxy) is 2. The lowest BCUT2D eigenvalue weighted by Crippen LogP contribution is -2.26. The van der Waals surface area contributed by atoms with Gasteiger partial charge in [-0.1, -0.05) is 5.16 Å². The second kappa shape index (κ2) is 8.46. The van der Waals surface area contributed by atoms with Crippen LogP contribution in [-0.2, 0) is 17.8 Å². The maximum atomic E-state index is 5.42. The Balaban J connectivity index is 1.68. The molecule has 0 spiro atoms. The highest BCUT2D eigenvalue weighted by Gasteiger charge is 2.14. The average molecular weight is 343 g/mol. The van der Waals surface area contributed by atoms with Crippen LogP contribution >= 0.6 is 0 Å². The van der Waals surface area contributed by atoms with E-state index in [1.807, 2.05) is 36.4 Å². The van der Waals surface area contributed by atoms with Gasteiger partial charge in [0.2, 0.25) is 11.7 Å². The predicted octanol–water partition coefficient (Wildman–Crippen LogP) is 2.99. The van der Waals surface area contributed by atoms with E-state index < -0.39 is 0 Å². The molecule has 3 rings (SSSR count). The van der Waals surface area contributed by atoms with Crippen LogP contribution in [0.15, 0.2) is 51.6 Å². The van der Waals surface area contributed by atoms with E-state index in [4.69, 9.17) is 18.4 Å². The van der Waals surface area contributed by atoms with E-state index in [9.17, 15) is 0 Å². The molecule has 0 radical (unpaired) electrons. The van der Waals surface area contributed by atoms with E-state index >= 15 is 0 Å². The van der Waals surface area contributed by atoms with Crippen LogP contribution in [0.4, 0.5) is 0 Å². The molecule has 0 amide bonds. The molecule has 0 saturated heterocycles. The quantitative estimate of drug-likeness (QED) is 0.591. The van der Waals surface area contributed by atoms with Crippen LogP contribution in [0.5, 0.6) is 5.75 Å². The van der Waals surface area contributed by atoms with Crippen molar-refractivity contribution >= 4 is 0 Å². The maximum Gasteiger partial charge on any atom is 0.241 e. The molecule has 0 saturated carbocycles. The van der Waals surface area contributed by atoms with Gasteiger partial charge >= 0.3 is 0 Å². The summed E-state index contributed by atoms with van der Waals surface area (Å²) in [7, 11) is 3.31. The molecule has 7 nitrogen and oxygen atoms in total. The van der Waals surface area contributed by atoms with E-state index in [0.717, 1.165) is 23.6 Å². The minimum atomic E-state index is 0.521. The van der Waals surface area contributed by atoms with Crippen molar-refractivity contribution in [3.63, 3.8) is 0 Å². The first kappa shape index (κ1) is 17.2. The fourth-order valence-corrected chi connectivity index (χ4v) is 2.43. The molecular weight excluding hydrogens is 322 g/mol. The third kappa shape index (κ3) is 4.68. The Bertz CT molecular complexity index is 753. The number of aromatic nitrogens is 2. The number of hydrogen-bond acceptors (Lipinski definition) is 7. The molecule has 1 aromatic carbocycles. The molecule has 0 N–H and O–H groups in total. The zero-order chi connectivity index (χ0) is 17.5. The summed E-state index contributed by atoms with van der Waals surface area (Å²) in [6.45, 7) is 2.52. The van der Waals surface area contributed by atoms with E-state index in [-0.39, 0.29) is 0 Å². The second-order valence-electron chi connectivity index (χ2n) is 5.52. The Labute approximate surface area is 146 Å². The van der Waals surface area contributed by atoms with Crippen molar-refractivity contribution in [3.8, 4) is 17.1 Å². The SMILES string of the molecule is COCCN(Cc1ccco1)Cc1nc(-c2ccc(OC)cc2)no1. The Hall–Kier alpha value is -2.64. The average Bonchev–Trinajstić information content (AvgIpc) is 3.32. The highest BCUT2D eigenvalue weighted by Crippen LogP contribution is 2.20. The van der Waals surface area contributed by atoms with Gasteiger partial charge in [-0.2, -0.15) is 4.98 Å². The molecule has 0 aliphatic heterocycles. The van der Waals surface area contributed by atoms with Crippen LogP contribution in [-0.4, -0.2) is 42.4 Å². The van der Waals surface area contributed by atoms with Crippen LogP contribution < -0.4 is 4.74 Å². The molecule has 0 aliphatic rings. The Kier molecular flexibility index (Phi) is 5.81. The number of benzene rings is 1. The van der Waals surface area contributed by atoms with Gasteiger partial charge in [-0.05, 0) is 36.4 Å². The lowest BCUT2D eigenvalue weighted by atomic mass is 10.2. The van der Waals surface area contributed by atoms with Crippen LogP contribution in [0.3, 0.4) is 0 Å². The number of methoxy groups -OCH3 is 2. The second-order valence-corrected chi connectivity index (χ2v) is 5.52. The number of hydrogen-bond donors (Lipinski definition) is 0. The van der Waals surface area contributed by atoms with E-state index in [0.29, 0.717) is 31.4 Å². The van der Waals surface area contributed by atoms with Crippen molar-refractivity contribution in [3.05, 3.63) is 54.3 Å². The lowest BCUT2D eigenvalue weighted by Gasteiger charge is -2.18. The highest BCUT2D eigenvalue weighted by atomic mass is 16.5. The normalized spacial score (nSPS) is 11.2. The Morgan fingerprint density at radius 2 is 1.92 bits per heavy atom. The fourth-order valence-electron chi connectivity index (χ4n) is 2.43. The van der Waals surface area contributed by atoms with Crippen molar-refractivity contribution < 1.29 is 18.4 Å². The molecule has 2 aromatic heterocycles. The van der Waals surface area contributed by atoms with Crippen molar-refractivity contribution in [2.45, 2.75) is 13.1 Å². The zero-order valence-electron chi connectivity index (χ0n) is 14.3. The van der Waals surface area contributed by atoms with Gasteiger partial charge in [0.1, 0.15) is 11.5 Å². The van der Waals surface area contributed by atoms with Gasteiger partial charge in [-0.25, -0.2) is 0 Å². The van der Waals surface area contributed by atoms with Crippen molar-refractivity contribution in [1.82, 2.24) is 15.0 Å². The lowest BCUT2D eigenvalue weighted by molar-refractivity contribution is 0.126. The van der Waals surface area contributed by atoms with E-state index in [2.05, 4.69) is 15.0 Å². The third-order valence-corrected chi connectivity index (χ3v) is 3.75. The van der Waals surface area contributed by atoms with Crippen molar-refractivity contribution in [1.29, 1.82) is 0 Å². The highest BCUT2D eigenvalue weighted by molar-refractivity contribution is 5.55. The first-order valence-corrected chi connectivity index (χ1v) is 7.99. The Morgan fingerprint density at radius 3 is 2.60 bits per heavy atom. The number of furan rings is 1. The minimum Gasteiger partial charge on any atom is -0.497 e. The van der Waals surface area contributed by atoms with E-state index in [1.54, 1.807) is 20.5 Å². The molecular formula is C18H21N3O4. The largest absolute Gasteiger partial charge is 0.497 e. The smallest absolute Gasteiger partial charge is 0.241 e. The standard InChI is InChI=1S/C18H21N3O4/c1-22-11-9-21(12-16-4-3-10-24-16)13-17-19-18(20-25-17)14-5-7-15(23-2)8-6-14/h3-8,10H,9,11-13H2,1-2H3. The summed E-state index contributed by atoms with van der Waals surface area (Å²) in [5.74, 6) is 2.78. The summed E-state index contributed by atoms with van der Waals surface area (Å²) < 4.78 is 21.2. The maximum absolute atomic E-state index is 5.42. The van der Waals surface area contributed by atoms with Crippen LogP contribution in [0.1, 0.15) is 11.7 Å². The first-order chi connectivity index (χ1) is 12.3.